The Kier molecular flexibility index (Phi) is 3.27. The van der Waals surface area contributed by atoms with Gasteiger partial charge >= 0.3 is 0 Å². The first kappa shape index (κ1) is 7.58. The van der Waals surface area contributed by atoms with Gasteiger partial charge in [0.1, 0.15) is 7.11 Å². The third-order valence-corrected chi connectivity index (χ3v) is 2.03. The molecule has 1 rings (SSSR count). The van der Waals surface area contributed by atoms with E-state index >= 15 is 0 Å². The van der Waals surface area contributed by atoms with Crippen LogP contribution in [0.2, 0.25) is 0 Å². The van der Waals surface area contributed by atoms with Crippen molar-refractivity contribution in [3.05, 3.63) is 0 Å². The quantitative estimate of drug-likeness (QED) is 0.426. The Morgan fingerprint density at radius 3 is 2.60 bits per heavy atom. The Balaban J connectivity index is 2.19. The predicted molar refractivity (Wildman–Crippen MR) is 42.1 cm³/mol. The molecule has 1 saturated carbocycles. The summed E-state index contributed by atoms with van der Waals surface area (Å²) in [5, 5.41) is 3.77. The normalized spacial score (nSPS) is 21.7. The van der Waals surface area contributed by atoms with E-state index in [1.54, 1.807) is 7.11 Å². The molecule has 2 heteroatoms. The minimum absolute atomic E-state index is 0.689. The van der Waals surface area contributed by atoms with Crippen molar-refractivity contribution in [2.24, 2.45) is 11.1 Å². The van der Waals surface area contributed by atoms with Crippen LogP contribution in [0.4, 0.5) is 0 Å². The first-order chi connectivity index (χ1) is 4.93. The van der Waals surface area contributed by atoms with E-state index in [1.807, 2.05) is 6.21 Å². The Labute approximate surface area is 62.3 Å². The fourth-order valence-corrected chi connectivity index (χ4v) is 1.43. The highest BCUT2D eigenvalue weighted by atomic mass is 16.6. The van der Waals surface area contributed by atoms with Gasteiger partial charge in [-0.15, -0.1) is 0 Å². The molecule has 0 spiro atoms. The number of nitrogens with zero attached hydrogens (tertiary/aromatic N) is 1. The summed E-state index contributed by atoms with van der Waals surface area (Å²) in [6, 6.07) is 0. The van der Waals surface area contributed by atoms with Crippen molar-refractivity contribution in [2.45, 2.75) is 32.1 Å². The van der Waals surface area contributed by atoms with Gasteiger partial charge in [0.25, 0.3) is 0 Å². The van der Waals surface area contributed by atoms with Gasteiger partial charge in [0.15, 0.2) is 0 Å². The minimum Gasteiger partial charge on any atom is -0.399 e. The van der Waals surface area contributed by atoms with Gasteiger partial charge in [-0.1, -0.05) is 24.4 Å². The number of hydrogen-bond acceptors (Lipinski definition) is 2. The largest absolute Gasteiger partial charge is 0.399 e. The van der Waals surface area contributed by atoms with Gasteiger partial charge in [-0.2, -0.15) is 0 Å². The highest BCUT2D eigenvalue weighted by Gasteiger charge is 2.10. The molecule has 58 valence electrons. The maximum atomic E-state index is 4.61. The van der Waals surface area contributed by atoms with Crippen LogP contribution >= 0.6 is 0 Å². The van der Waals surface area contributed by atoms with Gasteiger partial charge in [0.2, 0.25) is 0 Å². The zero-order chi connectivity index (χ0) is 7.23. The summed E-state index contributed by atoms with van der Waals surface area (Å²) in [6.07, 6.45) is 8.66. The van der Waals surface area contributed by atoms with Crippen LogP contribution in [-0.2, 0) is 4.84 Å². The van der Waals surface area contributed by atoms with Crippen LogP contribution in [-0.4, -0.2) is 13.3 Å². The molecule has 0 aromatic carbocycles. The first-order valence-corrected chi connectivity index (χ1v) is 4.00. The fourth-order valence-electron chi connectivity index (χ4n) is 1.43. The molecule has 0 heterocycles. The van der Waals surface area contributed by atoms with Crippen molar-refractivity contribution < 1.29 is 4.84 Å². The summed E-state index contributed by atoms with van der Waals surface area (Å²) in [4.78, 5) is 4.61. The summed E-state index contributed by atoms with van der Waals surface area (Å²) < 4.78 is 0. The van der Waals surface area contributed by atoms with E-state index in [9.17, 15) is 0 Å². The zero-order valence-corrected chi connectivity index (χ0v) is 6.55. The zero-order valence-electron chi connectivity index (χ0n) is 6.55. The molecular weight excluding hydrogens is 126 g/mol. The summed E-state index contributed by atoms with van der Waals surface area (Å²) in [5.41, 5.74) is 0. The second-order valence-electron chi connectivity index (χ2n) is 2.84. The maximum Gasteiger partial charge on any atom is 0.106 e. The van der Waals surface area contributed by atoms with Gasteiger partial charge in [-0.3, -0.25) is 0 Å². The van der Waals surface area contributed by atoms with Gasteiger partial charge in [-0.05, 0) is 18.8 Å². The standard InChI is InChI=1S/C8H15NO/c1-10-9-7-8-5-3-2-4-6-8/h7-8H,2-6H2,1H3. The highest BCUT2D eigenvalue weighted by molar-refractivity contribution is 5.59. The molecule has 2 nitrogen and oxygen atoms in total. The molecule has 1 aliphatic rings. The SMILES string of the molecule is CON=CC1CCCCC1. The Morgan fingerprint density at radius 1 is 1.30 bits per heavy atom. The molecule has 1 fully saturated rings. The Morgan fingerprint density at radius 2 is 2.00 bits per heavy atom. The molecule has 0 N–H and O–H groups in total. The molecule has 10 heavy (non-hydrogen) atoms. The molecule has 0 bridgehead atoms. The van der Waals surface area contributed by atoms with Crippen LogP contribution in [0.3, 0.4) is 0 Å². The van der Waals surface area contributed by atoms with Crippen molar-refractivity contribution in [3.8, 4) is 0 Å². The molecular formula is C8H15NO. The lowest BCUT2D eigenvalue weighted by Gasteiger charge is -2.16. The molecule has 1 aliphatic carbocycles. The molecule has 0 aromatic heterocycles. The third kappa shape index (κ3) is 2.38. The van der Waals surface area contributed by atoms with E-state index in [-0.39, 0.29) is 0 Å². The third-order valence-electron chi connectivity index (χ3n) is 2.03. The molecule has 0 aliphatic heterocycles. The molecule has 0 saturated heterocycles. The lowest BCUT2D eigenvalue weighted by molar-refractivity contribution is 0.212. The molecule has 0 amide bonds. The van der Waals surface area contributed by atoms with Crippen LogP contribution in [0.25, 0.3) is 0 Å². The fraction of sp³-hybridized carbons (Fsp3) is 0.875. The smallest absolute Gasteiger partial charge is 0.106 e. The van der Waals surface area contributed by atoms with E-state index in [4.69, 9.17) is 0 Å². The topological polar surface area (TPSA) is 21.6 Å². The van der Waals surface area contributed by atoms with Crippen LogP contribution in [0.15, 0.2) is 5.16 Å². The summed E-state index contributed by atoms with van der Waals surface area (Å²) in [7, 11) is 1.60. The molecule has 0 unspecified atom stereocenters. The lowest BCUT2D eigenvalue weighted by atomic mass is 9.90. The van der Waals surface area contributed by atoms with Crippen LogP contribution in [0, 0.1) is 5.92 Å². The summed E-state index contributed by atoms with van der Waals surface area (Å²) in [5.74, 6) is 0.689. The predicted octanol–water partition coefficient (Wildman–Crippen LogP) is 2.20. The monoisotopic (exact) mass is 141 g/mol. The average Bonchev–Trinajstić information content (AvgIpc) is 2.03. The molecule has 0 atom stereocenters. The van der Waals surface area contributed by atoms with Crippen molar-refractivity contribution in [3.63, 3.8) is 0 Å². The number of rotatable bonds is 2. The molecule has 0 radical (unpaired) electrons. The number of hydrogen-bond donors (Lipinski definition) is 0. The highest BCUT2D eigenvalue weighted by Crippen LogP contribution is 2.21. The Hall–Kier alpha value is -0.530. The van der Waals surface area contributed by atoms with Crippen molar-refractivity contribution >= 4 is 6.21 Å². The van der Waals surface area contributed by atoms with Crippen LogP contribution < -0.4 is 0 Å². The van der Waals surface area contributed by atoms with E-state index in [0.717, 1.165) is 0 Å². The molecule has 0 aromatic rings. The van der Waals surface area contributed by atoms with Crippen LogP contribution in [0.1, 0.15) is 32.1 Å². The second-order valence-corrected chi connectivity index (χ2v) is 2.84. The van der Waals surface area contributed by atoms with Gasteiger partial charge in [0, 0.05) is 6.21 Å². The van der Waals surface area contributed by atoms with Crippen molar-refractivity contribution in [2.75, 3.05) is 7.11 Å². The van der Waals surface area contributed by atoms with E-state index in [1.165, 1.54) is 32.1 Å². The summed E-state index contributed by atoms with van der Waals surface area (Å²) in [6.45, 7) is 0. The van der Waals surface area contributed by atoms with E-state index in [0.29, 0.717) is 5.92 Å². The van der Waals surface area contributed by atoms with Gasteiger partial charge < -0.3 is 4.84 Å². The van der Waals surface area contributed by atoms with Crippen molar-refractivity contribution in [1.29, 1.82) is 0 Å². The lowest BCUT2D eigenvalue weighted by Crippen LogP contribution is -2.06. The van der Waals surface area contributed by atoms with Gasteiger partial charge in [0.05, 0.1) is 0 Å². The van der Waals surface area contributed by atoms with Crippen LogP contribution in [0.5, 0.6) is 0 Å². The van der Waals surface area contributed by atoms with Crippen molar-refractivity contribution in [1.82, 2.24) is 0 Å². The maximum absolute atomic E-state index is 4.61. The van der Waals surface area contributed by atoms with E-state index < -0.39 is 0 Å². The Bertz CT molecular complexity index is 106. The minimum atomic E-state index is 0.689. The van der Waals surface area contributed by atoms with Gasteiger partial charge in [-0.25, -0.2) is 0 Å². The van der Waals surface area contributed by atoms with E-state index in [2.05, 4.69) is 9.99 Å². The second kappa shape index (κ2) is 4.31. The summed E-state index contributed by atoms with van der Waals surface area (Å²) >= 11 is 0. The average molecular weight is 141 g/mol. The number of oxime groups is 1. The first-order valence-electron chi connectivity index (χ1n) is 4.00.